The van der Waals surface area contributed by atoms with E-state index in [0.717, 1.165) is 131 Å². The summed E-state index contributed by atoms with van der Waals surface area (Å²) >= 11 is 0. The lowest BCUT2D eigenvalue weighted by Gasteiger charge is -2.63. The molecule has 4 aliphatic heterocycles. The van der Waals surface area contributed by atoms with E-state index in [1.54, 1.807) is 13.0 Å². The van der Waals surface area contributed by atoms with E-state index in [9.17, 15) is 35.0 Å². The highest BCUT2D eigenvalue weighted by molar-refractivity contribution is 5.70. The van der Waals surface area contributed by atoms with Crippen molar-refractivity contribution in [3.05, 3.63) is 105 Å². The van der Waals surface area contributed by atoms with Crippen molar-refractivity contribution < 1.29 is 59.6 Å². The second-order valence-corrected chi connectivity index (χ2v) is 32.6. The fraction of sp³-hybridized carbons (Fsp3) is 0.727. The average Bonchev–Trinajstić information content (AvgIpc) is 1.53. The van der Waals surface area contributed by atoms with Gasteiger partial charge in [-0.05, 0) is 161 Å². The molecule has 6 fully saturated rings. The average molecular weight is 1440 g/mol. The summed E-state index contributed by atoms with van der Waals surface area (Å²) in [6, 6.07) is 13.4. The van der Waals surface area contributed by atoms with Gasteiger partial charge in [0.05, 0.1) is 40.2 Å². The lowest BCUT2D eigenvalue weighted by molar-refractivity contribution is -0.384. The summed E-state index contributed by atoms with van der Waals surface area (Å²) in [5, 5.41) is 45.6. The van der Waals surface area contributed by atoms with E-state index in [4.69, 9.17) is 29.8 Å². The number of carbonyl (C=O) groups is 2. The van der Waals surface area contributed by atoms with Crippen molar-refractivity contribution in [1.29, 1.82) is 0 Å². The summed E-state index contributed by atoms with van der Waals surface area (Å²) in [6.45, 7) is 20.4. The molecule has 4 bridgehead atoms. The summed E-state index contributed by atoms with van der Waals surface area (Å²) in [6.07, 6.45) is 51.6. The fourth-order valence-electron chi connectivity index (χ4n) is 19.3. The van der Waals surface area contributed by atoms with Crippen molar-refractivity contribution in [2.45, 2.75) is 357 Å². The number of nitrogens with zero attached hydrogens (tertiary/aromatic N) is 3. The largest absolute Gasteiger partial charge is 0.513 e. The van der Waals surface area contributed by atoms with Crippen LogP contribution in [0.4, 0.5) is 15.3 Å². The minimum Gasteiger partial charge on any atom is -0.504 e. The standard InChI is InChI=1S/C40H61NO5.C25H41NO5.C21H25NO3.C2H6/c1-3-4-5-6-7-8-9-10-11-12-13-14-15-16-17-18-27-44-38(42)45-33-22-21-32-28-34-40(43)24-23-30(2)37-39(40,35(32)36(33)46-37)25-26-41(34)29-31-19-20-31;1-2-3-4-5-6-7-8-9-10-11-12-13-14-15-16-17-22-30-25(27)31-24-20-18-23(19-21-24)26(28)29;1-12-6-7-21(24)16-10-14-4-5-15(23)18-17(14)20(21,19(12)25-18)8-9-22(16)11-13-2-3-13;1-2/h21-22,31,34,37,43H,2-20,23-29H2,1H3;18-21H,2-17,22H2,1H3;4-5,13,16,19,23-24H,1-3,6-11H2;1-2H3/t34?,37-,39-,40+;;16?,19-,20-,21+;/m0.0./s1/i;;;1D. The molecule has 13 rings (SSSR count). The molecule has 0 radical (unpaired) electrons. The predicted molar refractivity (Wildman–Crippen MR) is 414 cm³/mol. The molecule has 104 heavy (non-hydrogen) atoms. The van der Waals surface area contributed by atoms with E-state index >= 15 is 0 Å². The highest BCUT2D eigenvalue weighted by Gasteiger charge is 2.73. The number of hydrogen-bond donors (Lipinski definition) is 3. The van der Waals surface area contributed by atoms with Crippen LogP contribution in [-0.2, 0) is 33.1 Å². The first kappa shape index (κ1) is 79.4. The van der Waals surface area contributed by atoms with Gasteiger partial charge in [-0.2, -0.15) is 0 Å². The molecule has 4 saturated carbocycles. The Bertz CT molecular complexity index is 3260. The molecule has 2 saturated heterocycles. The summed E-state index contributed by atoms with van der Waals surface area (Å²) < 4.78 is 40.5. The Morgan fingerprint density at radius 3 is 1.30 bits per heavy atom. The number of nitro benzene ring substituents is 1. The molecule has 6 aliphatic carbocycles. The van der Waals surface area contributed by atoms with E-state index in [1.807, 2.05) is 12.1 Å². The third-order valence-electron chi connectivity index (χ3n) is 25.3. The molecule has 10 aliphatic rings. The number of likely N-dealkylation sites (tertiary alicyclic amines) is 2. The van der Waals surface area contributed by atoms with Crippen LogP contribution in [0.25, 0.3) is 0 Å². The van der Waals surface area contributed by atoms with Gasteiger partial charge in [-0.15, -0.1) is 0 Å². The van der Waals surface area contributed by atoms with Crippen molar-refractivity contribution in [2.24, 2.45) is 11.8 Å². The van der Waals surface area contributed by atoms with Crippen molar-refractivity contribution in [2.75, 3.05) is 39.4 Å². The number of piperidine rings is 2. The fourth-order valence-corrected chi connectivity index (χ4v) is 19.3. The molecule has 16 nitrogen and oxygen atoms in total. The molecule has 0 aromatic heterocycles. The number of carbonyl (C=O) groups excluding carboxylic acids is 2. The van der Waals surface area contributed by atoms with Crippen LogP contribution < -0.4 is 18.9 Å². The van der Waals surface area contributed by atoms with Gasteiger partial charge in [-0.3, -0.25) is 19.9 Å². The molecule has 578 valence electrons. The minimum absolute atomic E-state index is 0.0473. The summed E-state index contributed by atoms with van der Waals surface area (Å²) in [5.74, 6) is 3.69. The van der Waals surface area contributed by atoms with Gasteiger partial charge in [0.15, 0.2) is 23.0 Å². The molecule has 3 aromatic rings. The highest BCUT2D eigenvalue weighted by atomic mass is 16.7. The first-order valence-electron chi connectivity index (χ1n) is 42.6. The topological polar surface area (TPSA) is 200 Å². The monoisotopic (exact) mass is 1440 g/mol. The molecule has 2 unspecified atom stereocenters. The Kier molecular flexibility index (Phi) is 30.1. The summed E-state index contributed by atoms with van der Waals surface area (Å²) in [7, 11) is 0. The quantitative estimate of drug-likeness (QED) is 0.0121. The second kappa shape index (κ2) is 39.4. The smallest absolute Gasteiger partial charge is 0.504 e. The van der Waals surface area contributed by atoms with Gasteiger partial charge >= 0.3 is 12.3 Å². The maximum atomic E-state index is 12.8. The van der Waals surface area contributed by atoms with Crippen molar-refractivity contribution in [3.8, 4) is 28.7 Å². The lowest BCUT2D eigenvalue weighted by atomic mass is 9.48. The van der Waals surface area contributed by atoms with Crippen LogP contribution in [0.3, 0.4) is 0 Å². The number of ether oxygens (including phenoxy) is 6. The third-order valence-corrected chi connectivity index (χ3v) is 25.3. The number of aromatic hydroxyl groups is 1. The van der Waals surface area contributed by atoms with Gasteiger partial charge in [-0.25, -0.2) is 9.59 Å². The maximum Gasteiger partial charge on any atom is 0.513 e. The maximum absolute atomic E-state index is 12.8. The Hall–Kier alpha value is -5.68. The van der Waals surface area contributed by atoms with Crippen LogP contribution >= 0.6 is 0 Å². The normalized spacial score (nSPS) is 25.6. The van der Waals surface area contributed by atoms with Gasteiger partial charge in [0.1, 0.15) is 18.0 Å². The Morgan fingerprint density at radius 1 is 0.538 bits per heavy atom. The zero-order chi connectivity index (χ0) is 74.2. The number of hydrogen-bond acceptors (Lipinski definition) is 15. The van der Waals surface area contributed by atoms with Crippen molar-refractivity contribution >= 4 is 18.0 Å². The first-order chi connectivity index (χ1) is 51.1. The summed E-state index contributed by atoms with van der Waals surface area (Å²) in [4.78, 5) is 39.6. The molecule has 2 spiro atoms. The molecule has 3 N–H and O–H groups in total. The van der Waals surface area contributed by atoms with Crippen LogP contribution in [0.15, 0.2) is 72.8 Å². The van der Waals surface area contributed by atoms with Gasteiger partial charge in [-0.1, -0.05) is 246 Å². The Labute approximate surface area is 626 Å². The summed E-state index contributed by atoms with van der Waals surface area (Å²) in [5.41, 5.74) is 4.10. The second-order valence-electron chi connectivity index (χ2n) is 32.6. The number of rotatable bonds is 41. The molecular formula is C88H133N3O13. The Morgan fingerprint density at radius 2 is 0.904 bits per heavy atom. The molecule has 16 heteroatoms. The van der Waals surface area contributed by atoms with Crippen molar-refractivity contribution in [3.63, 3.8) is 0 Å². The molecule has 8 atom stereocenters. The van der Waals surface area contributed by atoms with Crippen LogP contribution in [0, 0.1) is 22.0 Å². The molecule has 3 aromatic carbocycles. The van der Waals surface area contributed by atoms with Crippen molar-refractivity contribution in [1.82, 2.24) is 9.80 Å². The van der Waals surface area contributed by atoms with Crippen LogP contribution in [0.5, 0.6) is 28.7 Å². The lowest BCUT2D eigenvalue weighted by Crippen LogP contribution is -2.75. The number of benzene rings is 3. The van der Waals surface area contributed by atoms with Gasteiger partial charge in [0, 0.05) is 49.8 Å². The van der Waals surface area contributed by atoms with Crippen LogP contribution in [0.1, 0.15) is 321 Å². The van der Waals surface area contributed by atoms with Crippen LogP contribution in [0.2, 0.25) is 0 Å². The number of nitro groups is 1. The number of phenols is 1. The zero-order valence-corrected chi connectivity index (χ0v) is 64.3. The van der Waals surface area contributed by atoms with E-state index in [0.29, 0.717) is 43.8 Å². The van der Waals surface area contributed by atoms with Gasteiger partial charge in [0.2, 0.25) is 0 Å². The highest BCUT2D eigenvalue weighted by Crippen LogP contribution is 2.68. The van der Waals surface area contributed by atoms with E-state index < -0.39 is 39.3 Å². The first-order valence-corrected chi connectivity index (χ1v) is 41.9. The Balaban J connectivity index is 0.000000174. The predicted octanol–water partition coefficient (Wildman–Crippen LogP) is 21.5. The van der Waals surface area contributed by atoms with Crippen LogP contribution in [-0.4, -0.2) is 117 Å². The minimum atomic E-state index is -0.864. The number of unbranched alkanes of at least 4 members (excludes halogenated alkanes) is 30. The number of aliphatic hydroxyl groups is 2. The molecular weight excluding hydrogens is 1310 g/mol. The number of non-ortho nitro benzene ring substituents is 1. The third kappa shape index (κ3) is 19.4. The molecule has 4 heterocycles. The van der Waals surface area contributed by atoms with E-state index in [1.165, 1.54) is 241 Å². The van der Waals surface area contributed by atoms with E-state index in [2.05, 4.69) is 42.9 Å². The van der Waals surface area contributed by atoms with Gasteiger partial charge in [0.25, 0.3) is 5.69 Å². The molecule has 0 amide bonds. The van der Waals surface area contributed by atoms with E-state index in [-0.39, 0.29) is 41.5 Å². The number of phenolic OH excluding ortho intramolecular Hbond substituents is 1. The SMILES string of the molecule is C=C1CC[C@@]2(O)C3Cc4ccc(O)c5c4[C@@]2(CCN3CC2CC2)[C@H]1O5.C=C1CC[C@@]2(O)C3Cc4ccc(OC(=O)OCCCCCCCCCCCCCCCCCC)c5c4[C@@]2(CCN3CC2CC2)[C@H]1O5.CCCCCCCCCCCCCCCCCCOC(=O)Oc1ccc([N+](=O)[O-])cc1.[2H]CC. The zero-order valence-electron chi connectivity index (χ0n) is 65.3. The van der Waals surface area contributed by atoms with Gasteiger partial charge < -0.3 is 43.7 Å².